The fraction of sp³-hybridized carbons (Fsp3) is 0.800. The predicted molar refractivity (Wildman–Crippen MR) is 75.3 cm³/mol. The van der Waals surface area contributed by atoms with E-state index < -0.39 is 0 Å². The maximum Gasteiger partial charge on any atom is 0.0492 e. The Balaban J connectivity index is 1.79. The highest BCUT2D eigenvalue weighted by molar-refractivity contribution is 5.00. The summed E-state index contributed by atoms with van der Waals surface area (Å²) in [5.74, 6) is 0.749. The summed E-state index contributed by atoms with van der Waals surface area (Å²) < 4.78 is 1.96. The van der Waals surface area contributed by atoms with E-state index in [2.05, 4.69) is 11.2 Å². The SMILES string of the molecule is Cn1nccc1CCC(N)C1CCCCCCC1. The van der Waals surface area contributed by atoms with Crippen LogP contribution in [0, 0.1) is 5.92 Å². The summed E-state index contributed by atoms with van der Waals surface area (Å²) in [6.07, 6.45) is 13.7. The average Bonchev–Trinajstić information content (AvgIpc) is 2.71. The molecule has 1 heterocycles. The molecule has 0 radical (unpaired) electrons. The summed E-state index contributed by atoms with van der Waals surface area (Å²) in [7, 11) is 2.01. The van der Waals surface area contributed by atoms with E-state index in [1.807, 2.05) is 17.9 Å². The van der Waals surface area contributed by atoms with Crippen molar-refractivity contribution in [3.63, 3.8) is 0 Å². The smallest absolute Gasteiger partial charge is 0.0492 e. The lowest BCUT2D eigenvalue weighted by Crippen LogP contribution is -2.31. The number of aryl methyl sites for hydroxylation is 2. The Kier molecular flexibility index (Phi) is 5.24. The summed E-state index contributed by atoms with van der Waals surface area (Å²) in [5.41, 5.74) is 7.71. The molecule has 3 nitrogen and oxygen atoms in total. The quantitative estimate of drug-likeness (QED) is 0.891. The van der Waals surface area contributed by atoms with Crippen molar-refractivity contribution < 1.29 is 0 Å². The third-order valence-electron chi connectivity index (χ3n) is 4.41. The zero-order chi connectivity index (χ0) is 12.8. The van der Waals surface area contributed by atoms with Crippen LogP contribution in [-0.4, -0.2) is 15.8 Å². The minimum atomic E-state index is 0.373. The third-order valence-corrected chi connectivity index (χ3v) is 4.41. The van der Waals surface area contributed by atoms with E-state index in [9.17, 15) is 0 Å². The van der Waals surface area contributed by atoms with Crippen molar-refractivity contribution >= 4 is 0 Å². The van der Waals surface area contributed by atoms with Crippen LogP contribution >= 0.6 is 0 Å². The molecule has 18 heavy (non-hydrogen) atoms. The van der Waals surface area contributed by atoms with Gasteiger partial charge in [0.25, 0.3) is 0 Å². The molecule has 1 fully saturated rings. The van der Waals surface area contributed by atoms with Crippen molar-refractivity contribution in [3.8, 4) is 0 Å². The van der Waals surface area contributed by atoms with Gasteiger partial charge in [-0.2, -0.15) is 5.10 Å². The zero-order valence-electron chi connectivity index (χ0n) is 11.6. The molecule has 0 spiro atoms. The molecule has 1 aromatic rings. The van der Waals surface area contributed by atoms with Crippen LogP contribution < -0.4 is 5.73 Å². The van der Waals surface area contributed by atoms with Gasteiger partial charge < -0.3 is 5.73 Å². The van der Waals surface area contributed by atoms with Gasteiger partial charge in [-0.05, 0) is 37.7 Å². The summed E-state index contributed by atoms with van der Waals surface area (Å²) in [5, 5.41) is 4.21. The van der Waals surface area contributed by atoms with E-state index in [1.54, 1.807) is 0 Å². The van der Waals surface area contributed by atoms with Gasteiger partial charge in [-0.25, -0.2) is 0 Å². The van der Waals surface area contributed by atoms with E-state index >= 15 is 0 Å². The first kappa shape index (κ1) is 13.6. The van der Waals surface area contributed by atoms with Crippen molar-refractivity contribution in [3.05, 3.63) is 18.0 Å². The molecule has 2 rings (SSSR count). The molecule has 0 bridgehead atoms. The monoisotopic (exact) mass is 249 g/mol. The van der Waals surface area contributed by atoms with Crippen LogP contribution in [0.4, 0.5) is 0 Å². The second-order valence-electron chi connectivity index (χ2n) is 5.75. The molecule has 0 aromatic carbocycles. The molecular formula is C15H27N3. The van der Waals surface area contributed by atoms with Crippen LogP contribution in [0.3, 0.4) is 0 Å². The summed E-state index contributed by atoms with van der Waals surface area (Å²) in [4.78, 5) is 0. The first-order chi connectivity index (χ1) is 8.77. The summed E-state index contributed by atoms with van der Waals surface area (Å²) in [6, 6.07) is 2.48. The van der Waals surface area contributed by atoms with Gasteiger partial charge in [0.1, 0.15) is 0 Å². The lowest BCUT2D eigenvalue weighted by atomic mass is 9.84. The third kappa shape index (κ3) is 3.84. The van der Waals surface area contributed by atoms with Crippen LogP contribution in [0.1, 0.15) is 57.1 Å². The fourth-order valence-corrected chi connectivity index (χ4v) is 3.11. The number of rotatable bonds is 4. The van der Waals surface area contributed by atoms with E-state index in [4.69, 9.17) is 5.73 Å². The van der Waals surface area contributed by atoms with E-state index in [1.165, 1.54) is 50.6 Å². The molecule has 0 saturated heterocycles. The highest BCUT2D eigenvalue weighted by Crippen LogP contribution is 2.25. The minimum Gasteiger partial charge on any atom is -0.327 e. The maximum atomic E-state index is 6.41. The van der Waals surface area contributed by atoms with Gasteiger partial charge in [0.05, 0.1) is 0 Å². The predicted octanol–water partition coefficient (Wildman–Crippen LogP) is 3.04. The van der Waals surface area contributed by atoms with Gasteiger partial charge in [0.15, 0.2) is 0 Å². The minimum absolute atomic E-state index is 0.373. The number of nitrogens with two attached hydrogens (primary N) is 1. The lowest BCUT2D eigenvalue weighted by Gasteiger charge is -2.25. The number of nitrogens with zero attached hydrogens (tertiary/aromatic N) is 2. The van der Waals surface area contributed by atoms with Crippen LogP contribution in [0.15, 0.2) is 12.3 Å². The first-order valence-corrected chi connectivity index (χ1v) is 7.50. The Labute approximate surface area is 111 Å². The highest BCUT2D eigenvalue weighted by atomic mass is 15.2. The maximum absolute atomic E-state index is 6.41. The molecule has 1 unspecified atom stereocenters. The van der Waals surface area contributed by atoms with Gasteiger partial charge >= 0.3 is 0 Å². The van der Waals surface area contributed by atoms with E-state index in [-0.39, 0.29) is 0 Å². The second kappa shape index (κ2) is 6.93. The molecular weight excluding hydrogens is 222 g/mol. The largest absolute Gasteiger partial charge is 0.327 e. The number of hydrogen-bond acceptors (Lipinski definition) is 2. The standard InChI is InChI=1S/C15H27N3/c1-18-14(11-12-17-18)9-10-15(16)13-7-5-3-2-4-6-8-13/h11-13,15H,2-10,16H2,1H3. The zero-order valence-corrected chi connectivity index (χ0v) is 11.6. The Bertz CT molecular complexity index is 337. The average molecular weight is 249 g/mol. The van der Waals surface area contributed by atoms with Crippen molar-refractivity contribution in [1.29, 1.82) is 0 Å². The molecule has 0 amide bonds. The first-order valence-electron chi connectivity index (χ1n) is 7.50. The Morgan fingerprint density at radius 2 is 1.94 bits per heavy atom. The van der Waals surface area contributed by atoms with Gasteiger partial charge in [-0.15, -0.1) is 0 Å². The normalized spacial score (nSPS) is 20.3. The van der Waals surface area contributed by atoms with Gasteiger partial charge in [-0.1, -0.05) is 32.1 Å². The highest BCUT2D eigenvalue weighted by Gasteiger charge is 2.18. The summed E-state index contributed by atoms with van der Waals surface area (Å²) in [6.45, 7) is 0. The Hall–Kier alpha value is -0.830. The number of aromatic nitrogens is 2. The second-order valence-corrected chi connectivity index (χ2v) is 5.75. The molecule has 1 aliphatic carbocycles. The topological polar surface area (TPSA) is 43.8 Å². The molecule has 3 heteroatoms. The molecule has 1 saturated carbocycles. The Morgan fingerprint density at radius 1 is 1.28 bits per heavy atom. The van der Waals surface area contributed by atoms with Gasteiger partial charge in [0.2, 0.25) is 0 Å². The molecule has 0 aliphatic heterocycles. The molecule has 1 aliphatic rings. The van der Waals surface area contributed by atoms with Crippen molar-refractivity contribution in [2.45, 2.75) is 63.8 Å². The van der Waals surface area contributed by atoms with Crippen LogP contribution in [0.5, 0.6) is 0 Å². The van der Waals surface area contributed by atoms with Crippen LogP contribution in [0.2, 0.25) is 0 Å². The summed E-state index contributed by atoms with van der Waals surface area (Å²) >= 11 is 0. The Morgan fingerprint density at radius 3 is 2.56 bits per heavy atom. The van der Waals surface area contributed by atoms with Gasteiger partial charge in [-0.3, -0.25) is 4.68 Å². The lowest BCUT2D eigenvalue weighted by molar-refractivity contribution is 0.312. The van der Waals surface area contributed by atoms with Crippen molar-refractivity contribution in [1.82, 2.24) is 9.78 Å². The van der Waals surface area contributed by atoms with E-state index in [0.717, 1.165) is 18.8 Å². The number of hydrogen-bond donors (Lipinski definition) is 1. The van der Waals surface area contributed by atoms with Crippen LogP contribution in [0.25, 0.3) is 0 Å². The van der Waals surface area contributed by atoms with Crippen molar-refractivity contribution in [2.75, 3.05) is 0 Å². The van der Waals surface area contributed by atoms with E-state index in [0.29, 0.717) is 6.04 Å². The molecule has 2 N–H and O–H groups in total. The van der Waals surface area contributed by atoms with Gasteiger partial charge in [0, 0.05) is 25.0 Å². The molecule has 1 aromatic heterocycles. The molecule has 1 atom stereocenters. The van der Waals surface area contributed by atoms with Crippen LogP contribution in [-0.2, 0) is 13.5 Å². The fourth-order valence-electron chi connectivity index (χ4n) is 3.11. The van der Waals surface area contributed by atoms with Crippen molar-refractivity contribution in [2.24, 2.45) is 18.7 Å². The molecule has 102 valence electrons.